The van der Waals surface area contributed by atoms with Crippen molar-refractivity contribution >= 4 is 5.97 Å². The van der Waals surface area contributed by atoms with Gasteiger partial charge in [-0.1, -0.05) is 18.2 Å². The summed E-state index contributed by atoms with van der Waals surface area (Å²) in [6, 6.07) is 12.2. The number of carboxylic acids is 1. The molecule has 0 radical (unpaired) electrons. The lowest BCUT2D eigenvalue weighted by Gasteiger charge is -2.29. The number of phenolic OH excluding ortho intramolecular Hbond substituents is 1. The summed E-state index contributed by atoms with van der Waals surface area (Å²) in [6.45, 7) is 4.30. The quantitative estimate of drug-likeness (QED) is 0.472. The van der Waals surface area contributed by atoms with Crippen molar-refractivity contribution in [3.63, 3.8) is 0 Å². The molecular formula is C26H29NO6. The summed E-state index contributed by atoms with van der Waals surface area (Å²) in [5.41, 5.74) is 3.32. The summed E-state index contributed by atoms with van der Waals surface area (Å²) in [5.74, 6) is 0.484. The predicted octanol–water partition coefficient (Wildman–Crippen LogP) is 5.41. The van der Waals surface area contributed by atoms with Crippen molar-refractivity contribution in [2.75, 3.05) is 0 Å². The first-order valence-electron chi connectivity index (χ1n) is 11.2. The van der Waals surface area contributed by atoms with Gasteiger partial charge in [0.2, 0.25) is 5.89 Å². The Balaban J connectivity index is 1.32. The normalized spacial score (nSPS) is 18.4. The van der Waals surface area contributed by atoms with Gasteiger partial charge in [0.05, 0.1) is 31.0 Å². The van der Waals surface area contributed by atoms with Gasteiger partial charge in [0.1, 0.15) is 17.2 Å². The highest BCUT2D eigenvalue weighted by Crippen LogP contribution is 2.28. The van der Waals surface area contributed by atoms with E-state index in [0.29, 0.717) is 29.4 Å². The number of ether oxygens (including phenoxy) is 2. The number of carboxylic acid groups (broad SMARTS) is 1. The van der Waals surface area contributed by atoms with Crippen molar-refractivity contribution in [2.24, 2.45) is 0 Å². The molecule has 1 saturated carbocycles. The molecule has 0 spiro atoms. The molecule has 0 bridgehead atoms. The highest BCUT2D eigenvalue weighted by atomic mass is 16.5. The number of aromatic carboxylic acids is 1. The Morgan fingerprint density at radius 1 is 1.06 bits per heavy atom. The van der Waals surface area contributed by atoms with E-state index >= 15 is 0 Å². The molecular weight excluding hydrogens is 422 g/mol. The van der Waals surface area contributed by atoms with Crippen LogP contribution in [0.25, 0.3) is 11.5 Å². The van der Waals surface area contributed by atoms with E-state index < -0.39 is 5.97 Å². The van der Waals surface area contributed by atoms with Crippen LogP contribution in [-0.2, 0) is 22.7 Å². The third kappa shape index (κ3) is 5.61. The average molecular weight is 452 g/mol. The predicted molar refractivity (Wildman–Crippen MR) is 122 cm³/mol. The van der Waals surface area contributed by atoms with Crippen LogP contribution in [-0.4, -0.2) is 33.4 Å². The van der Waals surface area contributed by atoms with E-state index in [1.54, 1.807) is 37.3 Å². The lowest BCUT2D eigenvalue weighted by molar-refractivity contribution is -0.0564. The third-order valence-corrected chi connectivity index (χ3v) is 6.09. The fourth-order valence-electron chi connectivity index (χ4n) is 4.25. The average Bonchev–Trinajstić information content (AvgIpc) is 3.17. The second-order valence-corrected chi connectivity index (χ2v) is 8.52. The molecule has 1 fully saturated rings. The number of aryl methyl sites for hydroxylation is 2. The van der Waals surface area contributed by atoms with Crippen LogP contribution in [0, 0.1) is 13.8 Å². The first-order chi connectivity index (χ1) is 15.9. The van der Waals surface area contributed by atoms with Gasteiger partial charge in [0.15, 0.2) is 0 Å². The first kappa shape index (κ1) is 23.0. The van der Waals surface area contributed by atoms with E-state index in [1.165, 1.54) is 0 Å². The second-order valence-electron chi connectivity index (χ2n) is 8.52. The maximum Gasteiger partial charge on any atom is 0.336 e. The highest BCUT2D eigenvalue weighted by molar-refractivity contribution is 5.91. The number of benzene rings is 2. The van der Waals surface area contributed by atoms with Crippen molar-refractivity contribution in [1.82, 2.24) is 4.98 Å². The van der Waals surface area contributed by atoms with Gasteiger partial charge in [-0.05, 0) is 74.9 Å². The maximum absolute atomic E-state index is 11.6. The number of hydrogen-bond acceptors (Lipinski definition) is 6. The Bertz CT molecular complexity index is 1100. The third-order valence-electron chi connectivity index (χ3n) is 6.09. The molecule has 1 aliphatic rings. The van der Waals surface area contributed by atoms with Gasteiger partial charge in [-0.2, -0.15) is 0 Å². The highest BCUT2D eigenvalue weighted by Gasteiger charge is 2.25. The summed E-state index contributed by atoms with van der Waals surface area (Å²) < 4.78 is 18.0. The summed E-state index contributed by atoms with van der Waals surface area (Å²) in [5, 5.41) is 19.0. The molecule has 0 amide bonds. The smallest absolute Gasteiger partial charge is 0.336 e. The SMILES string of the molecule is Cc1cccc(CO[C@@H]2CCC[C@H](OCc3nc(-c4ccc(O)cc4)oc3C)C2)c1C(=O)O. The minimum Gasteiger partial charge on any atom is -0.508 e. The van der Waals surface area contributed by atoms with E-state index in [1.807, 2.05) is 19.1 Å². The van der Waals surface area contributed by atoms with Crippen LogP contribution >= 0.6 is 0 Å². The van der Waals surface area contributed by atoms with Crippen LogP contribution in [0.1, 0.15) is 58.6 Å². The van der Waals surface area contributed by atoms with Gasteiger partial charge in [0, 0.05) is 5.56 Å². The van der Waals surface area contributed by atoms with Crippen LogP contribution in [0.5, 0.6) is 5.75 Å². The zero-order valence-electron chi connectivity index (χ0n) is 18.9. The fourth-order valence-corrected chi connectivity index (χ4v) is 4.25. The second kappa shape index (κ2) is 10.2. The van der Waals surface area contributed by atoms with Gasteiger partial charge in [-0.15, -0.1) is 0 Å². The van der Waals surface area contributed by atoms with E-state index in [-0.39, 0.29) is 24.6 Å². The fraction of sp³-hybridized carbons (Fsp3) is 0.385. The van der Waals surface area contributed by atoms with Crippen LogP contribution < -0.4 is 0 Å². The lowest BCUT2D eigenvalue weighted by Crippen LogP contribution is -2.28. The van der Waals surface area contributed by atoms with Gasteiger partial charge < -0.3 is 24.1 Å². The van der Waals surface area contributed by atoms with Crippen LogP contribution in [0.2, 0.25) is 0 Å². The Labute approximate surface area is 193 Å². The Morgan fingerprint density at radius 2 is 1.76 bits per heavy atom. The number of aromatic nitrogens is 1. The Kier molecular flexibility index (Phi) is 7.11. The molecule has 2 atom stereocenters. The lowest BCUT2D eigenvalue weighted by atomic mass is 9.94. The number of carbonyl (C=O) groups is 1. The van der Waals surface area contributed by atoms with E-state index in [0.717, 1.165) is 42.5 Å². The molecule has 3 aromatic rings. The number of rotatable bonds is 8. The molecule has 2 N–H and O–H groups in total. The molecule has 1 aliphatic carbocycles. The largest absolute Gasteiger partial charge is 0.508 e. The van der Waals surface area contributed by atoms with Crippen molar-refractivity contribution < 1.29 is 28.9 Å². The molecule has 0 aliphatic heterocycles. The zero-order chi connectivity index (χ0) is 23.4. The van der Waals surface area contributed by atoms with E-state index in [9.17, 15) is 15.0 Å². The molecule has 1 aromatic heterocycles. The summed E-state index contributed by atoms with van der Waals surface area (Å²) in [6.07, 6.45) is 3.71. The van der Waals surface area contributed by atoms with Crippen molar-refractivity contribution in [2.45, 2.75) is 65.0 Å². The molecule has 7 nitrogen and oxygen atoms in total. The summed E-state index contributed by atoms with van der Waals surface area (Å²) in [4.78, 5) is 16.2. The number of nitrogens with zero attached hydrogens (tertiary/aromatic N) is 1. The number of oxazole rings is 1. The van der Waals surface area contributed by atoms with Gasteiger partial charge >= 0.3 is 5.97 Å². The topological polar surface area (TPSA) is 102 Å². The van der Waals surface area contributed by atoms with Crippen molar-refractivity contribution in [3.8, 4) is 17.2 Å². The zero-order valence-corrected chi connectivity index (χ0v) is 18.9. The standard InChI is InChI=1S/C26H29NO6/c1-16-5-3-6-19(24(16)26(29)30)14-31-21-7-4-8-22(13-21)32-15-23-17(2)33-25(27-23)18-9-11-20(28)12-10-18/h3,5-6,9-12,21-22,28H,4,7-8,13-15H2,1-2H3,(H,29,30)/t21-,22+/m1/s1. The molecule has 4 rings (SSSR count). The van der Waals surface area contributed by atoms with Crippen LogP contribution in [0.15, 0.2) is 46.9 Å². The van der Waals surface area contributed by atoms with E-state index in [4.69, 9.17) is 13.9 Å². The number of aromatic hydroxyl groups is 1. The maximum atomic E-state index is 11.6. The molecule has 0 unspecified atom stereocenters. The summed E-state index contributed by atoms with van der Waals surface area (Å²) in [7, 11) is 0. The Morgan fingerprint density at radius 3 is 2.45 bits per heavy atom. The minimum atomic E-state index is -0.925. The first-order valence-corrected chi connectivity index (χ1v) is 11.2. The van der Waals surface area contributed by atoms with Gasteiger partial charge in [0.25, 0.3) is 0 Å². The number of phenols is 1. The molecule has 174 valence electrons. The van der Waals surface area contributed by atoms with Crippen LogP contribution in [0.4, 0.5) is 0 Å². The number of hydrogen-bond donors (Lipinski definition) is 2. The van der Waals surface area contributed by atoms with E-state index in [2.05, 4.69) is 4.98 Å². The molecule has 33 heavy (non-hydrogen) atoms. The van der Waals surface area contributed by atoms with Crippen molar-refractivity contribution in [1.29, 1.82) is 0 Å². The molecule has 2 aromatic carbocycles. The van der Waals surface area contributed by atoms with Gasteiger partial charge in [-0.3, -0.25) is 0 Å². The monoisotopic (exact) mass is 451 g/mol. The van der Waals surface area contributed by atoms with Gasteiger partial charge in [-0.25, -0.2) is 9.78 Å². The summed E-state index contributed by atoms with van der Waals surface area (Å²) >= 11 is 0. The minimum absolute atomic E-state index is 0.0249. The molecule has 0 saturated heterocycles. The van der Waals surface area contributed by atoms with Crippen molar-refractivity contribution in [3.05, 3.63) is 70.6 Å². The molecule has 1 heterocycles. The Hall–Kier alpha value is -3.16. The molecule has 7 heteroatoms. The van der Waals surface area contributed by atoms with Crippen LogP contribution in [0.3, 0.4) is 0 Å².